The fraction of sp³-hybridized carbons (Fsp3) is 0.714. The van der Waals surface area contributed by atoms with Crippen LogP contribution in [0.1, 0.15) is 48.8 Å². The van der Waals surface area contributed by atoms with Gasteiger partial charge in [0.1, 0.15) is 5.75 Å². The van der Waals surface area contributed by atoms with Crippen LogP contribution >= 0.6 is 0 Å². The Bertz CT molecular complexity index is 569. The van der Waals surface area contributed by atoms with Crippen LogP contribution in [0.25, 0.3) is 0 Å². The average Bonchev–Trinajstić information content (AvgIpc) is 3.15. The first-order chi connectivity index (χ1) is 12.1. The first-order valence-electron chi connectivity index (χ1n) is 9.86. The van der Waals surface area contributed by atoms with Crippen molar-refractivity contribution in [1.29, 1.82) is 0 Å². The Hall–Kier alpha value is -1.10. The maximum absolute atomic E-state index is 9.56. The summed E-state index contributed by atoms with van der Waals surface area (Å²) >= 11 is 0. The predicted octanol–water partition coefficient (Wildman–Crippen LogP) is 3.12. The van der Waals surface area contributed by atoms with E-state index < -0.39 is 0 Å². The number of benzene rings is 1. The van der Waals surface area contributed by atoms with E-state index >= 15 is 0 Å². The summed E-state index contributed by atoms with van der Waals surface area (Å²) in [6.07, 6.45) is 6.38. The van der Waals surface area contributed by atoms with Crippen molar-refractivity contribution in [3.8, 4) is 5.75 Å². The van der Waals surface area contributed by atoms with Crippen molar-refractivity contribution in [2.24, 2.45) is 0 Å². The standard InChI is InChI=1S/C21H34N2O2/c1-16-17(2)21(25-3)9-8-18(16)14-22-11-12-23(15-20(22)10-13-24)19-6-4-5-7-19/h8-9,19-20,24H,4-7,10-15H2,1-3H3/t20-/m1/s1. The lowest BCUT2D eigenvalue weighted by atomic mass is 9.99. The van der Waals surface area contributed by atoms with E-state index in [0.717, 1.165) is 37.8 Å². The molecule has 1 aliphatic heterocycles. The number of methoxy groups -OCH3 is 1. The zero-order valence-corrected chi connectivity index (χ0v) is 16.1. The van der Waals surface area contributed by atoms with Crippen LogP contribution in [0.15, 0.2) is 12.1 Å². The highest BCUT2D eigenvalue weighted by atomic mass is 16.5. The number of ether oxygens (including phenoxy) is 1. The van der Waals surface area contributed by atoms with Gasteiger partial charge in [0.05, 0.1) is 7.11 Å². The van der Waals surface area contributed by atoms with E-state index in [1.165, 1.54) is 48.9 Å². The van der Waals surface area contributed by atoms with Crippen LogP contribution in [0.5, 0.6) is 5.75 Å². The van der Waals surface area contributed by atoms with Gasteiger partial charge in [0.15, 0.2) is 0 Å². The van der Waals surface area contributed by atoms with Crippen molar-refractivity contribution >= 4 is 0 Å². The van der Waals surface area contributed by atoms with E-state index in [1.54, 1.807) is 7.11 Å². The van der Waals surface area contributed by atoms with Gasteiger partial charge in [-0.2, -0.15) is 0 Å². The number of rotatable bonds is 6. The highest BCUT2D eigenvalue weighted by Gasteiger charge is 2.31. The quantitative estimate of drug-likeness (QED) is 0.858. The molecule has 0 aromatic heterocycles. The molecule has 4 nitrogen and oxygen atoms in total. The molecule has 1 heterocycles. The molecule has 1 saturated heterocycles. The van der Waals surface area contributed by atoms with Crippen LogP contribution in [0.3, 0.4) is 0 Å². The van der Waals surface area contributed by atoms with E-state index in [1.807, 2.05) is 0 Å². The number of aliphatic hydroxyl groups is 1. The van der Waals surface area contributed by atoms with Gasteiger partial charge in [-0.15, -0.1) is 0 Å². The summed E-state index contributed by atoms with van der Waals surface area (Å²) < 4.78 is 5.45. The Morgan fingerprint density at radius 2 is 1.88 bits per heavy atom. The topological polar surface area (TPSA) is 35.9 Å². The molecule has 1 aliphatic carbocycles. The third kappa shape index (κ3) is 4.18. The number of piperazine rings is 1. The van der Waals surface area contributed by atoms with E-state index in [4.69, 9.17) is 4.74 Å². The van der Waals surface area contributed by atoms with E-state index in [-0.39, 0.29) is 6.61 Å². The fourth-order valence-electron chi connectivity index (χ4n) is 4.61. The summed E-state index contributed by atoms with van der Waals surface area (Å²) in [7, 11) is 1.74. The lowest BCUT2D eigenvalue weighted by Gasteiger charge is -2.44. The average molecular weight is 347 g/mol. The number of hydrogen-bond acceptors (Lipinski definition) is 4. The second kappa shape index (κ2) is 8.52. The van der Waals surface area contributed by atoms with Crippen molar-refractivity contribution in [2.75, 3.05) is 33.4 Å². The smallest absolute Gasteiger partial charge is 0.122 e. The SMILES string of the molecule is COc1ccc(CN2CCN(C3CCCC3)C[C@H]2CCO)c(C)c1C. The summed E-state index contributed by atoms with van der Waals surface area (Å²) in [5, 5.41) is 9.56. The van der Waals surface area contributed by atoms with Gasteiger partial charge in [-0.25, -0.2) is 0 Å². The Labute approximate surface area is 152 Å². The molecule has 1 aromatic rings. The third-order valence-electron chi connectivity index (χ3n) is 6.38. The molecule has 2 aliphatic rings. The maximum Gasteiger partial charge on any atom is 0.122 e. The molecule has 0 unspecified atom stereocenters. The first-order valence-corrected chi connectivity index (χ1v) is 9.86. The summed E-state index contributed by atoms with van der Waals surface area (Å²) in [5.74, 6) is 0.971. The normalized spacial score (nSPS) is 23.3. The van der Waals surface area contributed by atoms with Crippen molar-refractivity contribution < 1.29 is 9.84 Å². The van der Waals surface area contributed by atoms with Gasteiger partial charge in [-0.3, -0.25) is 9.80 Å². The Morgan fingerprint density at radius 1 is 1.12 bits per heavy atom. The molecule has 25 heavy (non-hydrogen) atoms. The first kappa shape index (κ1) is 18.7. The van der Waals surface area contributed by atoms with Crippen molar-refractivity contribution in [3.05, 3.63) is 28.8 Å². The Balaban J connectivity index is 1.69. The minimum absolute atomic E-state index is 0.278. The van der Waals surface area contributed by atoms with Crippen LogP contribution in [0.2, 0.25) is 0 Å². The summed E-state index contributed by atoms with van der Waals surface area (Å²) in [6, 6.07) is 5.54. The third-order valence-corrected chi connectivity index (χ3v) is 6.38. The molecule has 3 rings (SSSR count). The Morgan fingerprint density at radius 3 is 2.56 bits per heavy atom. The van der Waals surface area contributed by atoms with Crippen LogP contribution in [0, 0.1) is 13.8 Å². The summed E-state index contributed by atoms with van der Waals surface area (Å²) in [5.41, 5.74) is 3.96. The van der Waals surface area contributed by atoms with Crippen LogP contribution < -0.4 is 4.74 Å². The van der Waals surface area contributed by atoms with Gasteiger partial charge in [-0.05, 0) is 55.9 Å². The minimum Gasteiger partial charge on any atom is -0.496 e. The zero-order valence-electron chi connectivity index (χ0n) is 16.1. The second-order valence-corrected chi connectivity index (χ2v) is 7.75. The van der Waals surface area contributed by atoms with Gasteiger partial charge >= 0.3 is 0 Å². The molecular formula is C21H34N2O2. The second-order valence-electron chi connectivity index (χ2n) is 7.75. The monoisotopic (exact) mass is 346 g/mol. The molecular weight excluding hydrogens is 312 g/mol. The van der Waals surface area contributed by atoms with Crippen molar-refractivity contribution in [1.82, 2.24) is 9.80 Å². The molecule has 0 spiro atoms. The molecule has 2 fully saturated rings. The molecule has 1 atom stereocenters. The molecule has 4 heteroatoms. The van der Waals surface area contributed by atoms with Crippen LogP contribution in [-0.4, -0.2) is 60.3 Å². The molecule has 0 bridgehead atoms. The predicted molar refractivity (Wildman–Crippen MR) is 102 cm³/mol. The lowest BCUT2D eigenvalue weighted by molar-refractivity contribution is 0.0325. The van der Waals surface area contributed by atoms with Crippen LogP contribution in [-0.2, 0) is 6.54 Å². The lowest BCUT2D eigenvalue weighted by Crippen LogP contribution is -2.55. The highest BCUT2D eigenvalue weighted by molar-refractivity contribution is 5.43. The molecule has 0 radical (unpaired) electrons. The van der Waals surface area contributed by atoms with E-state index in [0.29, 0.717) is 6.04 Å². The maximum atomic E-state index is 9.56. The minimum atomic E-state index is 0.278. The van der Waals surface area contributed by atoms with Gasteiger partial charge in [0, 0.05) is 44.9 Å². The molecule has 1 aromatic carbocycles. The van der Waals surface area contributed by atoms with Crippen LogP contribution in [0.4, 0.5) is 0 Å². The molecule has 1 saturated carbocycles. The largest absolute Gasteiger partial charge is 0.496 e. The zero-order chi connectivity index (χ0) is 17.8. The highest BCUT2D eigenvalue weighted by Crippen LogP contribution is 2.29. The molecule has 0 amide bonds. The number of nitrogens with zero attached hydrogens (tertiary/aromatic N) is 2. The van der Waals surface area contributed by atoms with Crippen molar-refractivity contribution in [2.45, 2.75) is 64.6 Å². The summed E-state index contributed by atoms with van der Waals surface area (Å²) in [4.78, 5) is 5.27. The molecule has 1 N–H and O–H groups in total. The van der Waals surface area contributed by atoms with Crippen molar-refractivity contribution in [3.63, 3.8) is 0 Å². The van der Waals surface area contributed by atoms with Gasteiger partial charge in [0.2, 0.25) is 0 Å². The number of hydrogen-bond donors (Lipinski definition) is 1. The fourth-order valence-corrected chi connectivity index (χ4v) is 4.61. The van der Waals surface area contributed by atoms with Gasteiger partial charge < -0.3 is 9.84 Å². The Kier molecular flexibility index (Phi) is 6.37. The number of aliphatic hydroxyl groups excluding tert-OH is 1. The van der Waals surface area contributed by atoms with E-state index in [2.05, 4.69) is 35.8 Å². The van der Waals surface area contributed by atoms with Gasteiger partial charge in [-0.1, -0.05) is 18.9 Å². The van der Waals surface area contributed by atoms with E-state index in [9.17, 15) is 5.11 Å². The molecule has 140 valence electrons. The summed E-state index contributed by atoms with van der Waals surface area (Å²) in [6.45, 7) is 8.97. The van der Waals surface area contributed by atoms with Gasteiger partial charge in [0.25, 0.3) is 0 Å².